The zero-order chi connectivity index (χ0) is 7.40. The van der Waals surface area contributed by atoms with Gasteiger partial charge >= 0.3 is 5.97 Å². The molecule has 1 aliphatic rings. The van der Waals surface area contributed by atoms with Gasteiger partial charge in [-0.2, -0.15) is 0 Å². The fraction of sp³-hybridized carbons (Fsp3) is 0.875. The van der Waals surface area contributed by atoms with Crippen molar-refractivity contribution in [2.75, 3.05) is 0 Å². The van der Waals surface area contributed by atoms with Crippen LogP contribution >= 0.6 is 0 Å². The van der Waals surface area contributed by atoms with E-state index in [1.165, 1.54) is 26.2 Å². The summed E-state index contributed by atoms with van der Waals surface area (Å²) in [6.07, 6.45) is 6.11. The van der Waals surface area contributed by atoms with E-state index in [1.54, 1.807) is 0 Å². The molecule has 3 heteroatoms. The molecule has 2 nitrogen and oxygen atoms in total. The van der Waals surface area contributed by atoms with Crippen molar-refractivity contribution >= 4 is 5.97 Å². The Balaban J connectivity index is 0.000001000. The van der Waals surface area contributed by atoms with E-state index in [4.69, 9.17) is 4.74 Å². The maximum absolute atomic E-state index is 10.5. The number of carbonyl (C=O) groups excluding carboxylic acids is 1. The van der Waals surface area contributed by atoms with E-state index in [-0.39, 0.29) is 28.6 Å². The SMILES string of the molecule is CC(=O)OC1CCCCC1.[Ni]. The van der Waals surface area contributed by atoms with Crippen molar-refractivity contribution in [3.8, 4) is 0 Å². The van der Waals surface area contributed by atoms with Crippen molar-refractivity contribution in [3.05, 3.63) is 0 Å². The third-order valence-corrected chi connectivity index (χ3v) is 1.88. The number of hydrogen-bond donors (Lipinski definition) is 0. The summed E-state index contributed by atoms with van der Waals surface area (Å²) >= 11 is 0. The molecular formula is C8H14NiO2. The van der Waals surface area contributed by atoms with Gasteiger partial charge in [0.25, 0.3) is 0 Å². The van der Waals surface area contributed by atoms with Crippen LogP contribution in [-0.4, -0.2) is 12.1 Å². The van der Waals surface area contributed by atoms with Gasteiger partial charge in [0.2, 0.25) is 0 Å². The van der Waals surface area contributed by atoms with E-state index >= 15 is 0 Å². The Morgan fingerprint density at radius 2 is 1.82 bits per heavy atom. The summed E-state index contributed by atoms with van der Waals surface area (Å²) in [6, 6.07) is 0. The predicted octanol–water partition coefficient (Wildman–Crippen LogP) is 1.88. The largest absolute Gasteiger partial charge is 0.463 e. The Hall–Kier alpha value is -0.0365. The molecule has 0 amide bonds. The summed E-state index contributed by atoms with van der Waals surface area (Å²) in [4.78, 5) is 10.5. The van der Waals surface area contributed by atoms with Crippen LogP contribution in [0, 0.1) is 0 Å². The van der Waals surface area contributed by atoms with Crippen LogP contribution in [0.3, 0.4) is 0 Å². The van der Waals surface area contributed by atoms with Crippen molar-refractivity contribution in [1.29, 1.82) is 0 Å². The molecule has 0 N–H and O–H groups in total. The first-order valence-electron chi connectivity index (χ1n) is 3.96. The molecule has 0 atom stereocenters. The van der Waals surface area contributed by atoms with E-state index in [1.807, 2.05) is 0 Å². The topological polar surface area (TPSA) is 26.3 Å². The predicted molar refractivity (Wildman–Crippen MR) is 38.6 cm³/mol. The second kappa shape index (κ2) is 5.59. The molecule has 0 heterocycles. The molecule has 11 heavy (non-hydrogen) atoms. The number of hydrogen-bond acceptors (Lipinski definition) is 2. The van der Waals surface area contributed by atoms with Crippen LogP contribution < -0.4 is 0 Å². The molecule has 1 saturated carbocycles. The summed E-state index contributed by atoms with van der Waals surface area (Å²) in [5.74, 6) is -0.132. The van der Waals surface area contributed by atoms with Gasteiger partial charge in [-0.15, -0.1) is 0 Å². The molecule has 0 bridgehead atoms. The minimum atomic E-state index is -0.132. The number of esters is 1. The molecule has 0 aromatic carbocycles. The maximum Gasteiger partial charge on any atom is 0.302 e. The first-order chi connectivity index (χ1) is 4.79. The Morgan fingerprint density at radius 3 is 2.27 bits per heavy atom. The Bertz CT molecular complexity index is 119. The molecule has 0 unspecified atom stereocenters. The molecule has 0 saturated heterocycles. The van der Waals surface area contributed by atoms with Crippen LogP contribution in [0.25, 0.3) is 0 Å². The number of carbonyl (C=O) groups is 1. The molecule has 0 aromatic rings. The maximum atomic E-state index is 10.5. The molecule has 0 aromatic heterocycles. The average Bonchev–Trinajstić information content (AvgIpc) is 1.88. The van der Waals surface area contributed by atoms with Crippen molar-refractivity contribution < 1.29 is 26.0 Å². The van der Waals surface area contributed by atoms with Crippen LogP contribution in [-0.2, 0) is 26.0 Å². The molecule has 0 radical (unpaired) electrons. The van der Waals surface area contributed by atoms with Gasteiger partial charge in [0.05, 0.1) is 0 Å². The van der Waals surface area contributed by atoms with Crippen LogP contribution in [0.2, 0.25) is 0 Å². The van der Waals surface area contributed by atoms with Crippen LogP contribution in [0.4, 0.5) is 0 Å². The van der Waals surface area contributed by atoms with Crippen molar-refractivity contribution in [2.45, 2.75) is 45.1 Å². The third kappa shape index (κ3) is 4.41. The van der Waals surface area contributed by atoms with E-state index < -0.39 is 0 Å². The molecule has 0 spiro atoms. The van der Waals surface area contributed by atoms with Crippen molar-refractivity contribution in [3.63, 3.8) is 0 Å². The van der Waals surface area contributed by atoms with Gasteiger partial charge in [-0.3, -0.25) is 4.79 Å². The van der Waals surface area contributed by atoms with E-state index in [2.05, 4.69) is 0 Å². The van der Waals surface area contributed by atoms with Crippen molar-refractivity contribution in [2.24, 2.45) is 0 Å². The summed E-state index contributed by atoms with van der Waals surface area (Å²) in [5, 5.41) is 0. The Labute approximate surface area is 77.6 Å². The normalized spacial score (nSPS) is 18.6. The van der Waals surface area contributed by atoms with E-state index in [9.17, 15) is 4.79 Å². The fourth-order valence-electron chi connectivity index (χ4n) is 1.42. The monoisotopic (exact) mass is 200 g/mol. The second-order valence-electron chi connectivity index (χ2n) is 2.87. The third-order valence-electron chi connectivity index (χ3n) is 1.88. The van der Waals surface area contributed by atoms with Gasteiger partial charge in [-0.25, -0.2) is 0 Å². The zero-order valence-corrected chi connectivity index (χ0v) is 7.73. The first kappa shape index (κ1) is 11.0. The minimum Gasteiger partial charge on any atom is -0.463 e. The Morgan fingerprint density at radius 1 is 1.27 bits per heavy atom. The molecule has 68 valence electrons. The second-order valence-corrected chi connectivity index (χ2v) is 2.87. The Kier molecular flexibility index (Phi) is 5.57. The quantitative estimate of drug-likeness (QED) is 0.478. The van der Waals surface area contributed by atoms with Crippen LogP contribution in [0.15, 0.2) is 0 Å². The first-order valence-corrected chi connectivity index (χ1v) is 3.96. The summed E-state index contributed by atoms with van der Waals surface area (Å²) in [5.41, 5.74) is 0. The van der Waals surface area contributed by atoms with Gasteiger partial charge in [-0.1, -0.05) is 6.42 Å². The van der Waals surface area contributed by atoms with Gasteiger partial charge in [0, 0.05) is 23.4 Å². The fourth-order valence-corrected chi connectivity index (χ4v) is 1.42. The van der Waals surface area contributed by atoms with Gasteiger partial charge in [0.1, 0.15) is 6.10 Å². The number of rotatable bonds is 1. The summed E-state index contributed by atoms with van der Waals surface area (Å²) in [6.45, 7) is 1.48. The summed E-state index contributed by atoms with van der Waals surface area (Å²) in [7, 11) is 0. The molecule has 0 aliphatic heterocycles. The molecular weight excluding hydrogens is 187 g/mol. The van der Waals surface area contributed by atoms with E-state index in [0.717, 1.165) is 12.8 Å². The van der Waals surface area contributed by atoms with E-state index in [0.29, 0.717) is 0 Å². The van der Waals surface area contributed by atoms with Crippen LogP contribution in [0.1, 0.15) is 39.0 Å². The molecule has 1 aliphatic carbocycles. The minimum absolute atomic E-state index is 0. The zero-order valence-electron chi connectivity index (χ0n) is 6.75. The smallest absolute Gasteiger partial charge is 0.302 e. The molecule has 1 rings (SSSR count). The average molecular weight is 201 g/mol. The van der Waals surface area contributed by atoms with Gasteiger partial charge in [-0.05, 0) is 25.7 Å². The van der Waals surface area contributed by atoms with Gasteiger partial charge < -0.3 is 4.74 Å². The summed E-state index contributed by atoms with van der Waals surface area (Å²) < 4.78 is 5.05. The standard InChI is InChI=1S/C8H14O2.Ni/c1-7(9)10-8-5-3-2-4-6-8;/h8H,2-6H2,1H3;. The number of ether oxygens (including phenoxy) is 1. The van der Waals surface area contributed by atoms with Gasteiger partial charge in [0.15, 0.2) is 0 Å². The van der Waals surface area contributed by atoms with Crippen molar-refractivity contribution in [1.82, 2.24) is 0 Å². The molecule has 1 fully saturated rings. The van der Waals surface area contributed by atoms with Crippen LogP contribution in [0.5, 0.6) is 0 Å².